The third-order valence-corrected chi connectivity index (χ3v) is 4.94. The van der Waals surface area contributed by atoms with E-state index in [2.05, 4.69) is 56.9 Å². The Morgan fingerprint density at radius 1 is 1.10 bits per heavy atom. The Hall–Kier alpha value is -1.02. The van der Waals surface area contributed by atoms with Gasteiger partial charge in [-0.1, -0.05) is 39.8 Å². The summed E-state index contributed by atoms with van der Waals surface area (Å²) in [6.45, 7) is 11.7. The zero-order valence-electron chi connectivity index (χ0n) is 14.2. The largest absolute Gasteiger partial charge is 0.399 e. The summed E-state index contributed by atoms with van der Waals surface area (Å²) in [6, 6.07) is 9.31. The number of rotatable bonds is 8. The van der Waals surface area contributed by atoms with Crippen molar-refractivity contribution in [1.29, 1.82) is 0 Å². The van der Waals surface area contributed by atoms with Gasteiger partial charge in [0, 0.05) is 30.2 Å². The van der Waals surface area contributed by atoms with Crippen LogP contribution in [0.5, 0.6) is 0 Å². The molecule has 1 aromatic rings. The summed E-state index contributed by atoms with van der Waals surface area (Å²) >= 11 is 0. The van der Waals surface area contributed by atoms with Gasteiger partial charge in [-0.2, -0.15) is 0 Å². The van der Waals surface area contributed by atoms with Gasteiger partial charge in [0.1, 0.15) is 0 Å². The normalized spacial score (nSPS) is 16.9. The molecule has 0 spiro atoms. The maximum atomic E-state index is 5.84. The summed E-state index contributed by atoms with van der Waals surface area (Å²) < 4.78 is 0. The van der Waals surface area contributed by atoms with E-state index in [0.29, 0.717) is 5.41 Å². The van der Waals surface area contributed by atoms with Crippen molar-refractivity contribution >= 4 is 5.69 Å². The molecule has 2 heteroatoms. The molecule has 0 bridgehead atoms. The highest BCUT2D eigenvalue weighted by Gasteiger charge is 2.45. The minimum absolute atomic E-state index is 0.394. The fraction of sp³-hybridized carbons (Fsp3) is 0.684. The molecule has 2 rings (SSSR count). The van der Waals surface area contributed by atoms with Gasteiger partial charge in [0.2, 0.25) is 0 Å². The Kier molecular flexibility index (Phi) is 5.32. The second-order valence-electron chi connectivity index (χ2n) is 7.20. The van der Waals surface area contributed by atoms with Crippen molar-refractivity contribution in [2.75, 3.05) is 18.8 Å². The Morgan fingerprint density at radius 2 is 1.67 bits per heavy atom. The van der Waals surface area contributed by atoms with Crippen molar-refractivity contribution in [1.82, 2.24) is 4.90 Å². The lowest BCUT2D eigenvalue weighted by atomic mass is 9.93. The van der Waals surface area contributed by atoms with Gasteiger partial charge in [0.25, 0.3) is 0 Å². The Bertz CT molecular complexity index is 427. The van der Waals surface area contributed by atoms with Crippen molar-refractivity contribution in [2.24, 2.45) is 5.92 Å². The maximum absolute atomic E-state index is 5.84. The number of hydrogen-bond donors (Lipinski definition) is 1. The Labute approximate surface area is 130 Å². The lowest BCUT2D eigenvalue weighted by Crippen LogP contribution is -2.42. The quantitative estimate of drug-likeness (QED) is 0.716. The van der Waals surface area contributed by atoms with Gasteiger partial charge in [0.15, 0.2) is 0 Å². The van der Waals surface area contributed by atoms with Crippen LogP contribution < -0.4 is 5.73 Å². The van der Waals surface area contributed by atoms with Gasteiger partial charge in [0.05, 0.1) is 0 Å². The van der Waals surface area contributed by atoms with Crippen molar-refractivity contribution in [2.45, 2.75) is 64.8 Å². The predicted molar refractivity (Wildman–Crippen MR) is 92.5 cm³/mol. The molecule has 2 nitrogen and oxygen atoms in total. The van der Waals surface area contributed by atoms with Crippen molar-refractivity contribution in [3.8, 4) is 0 Å². The highest BCUT2D eigenvalue weighted by molar-refractivity contribution is 5.43. The van der Waals surface area contributed by atoms with Crippen LogP contribution >= 0.6 is 0 Å². The number of nitrogens with two attached hydrogens (primary N) is 1. The van der Waals surface area contributed by atoms with E-state index < -0.39 is 0 Å². The van der Waals surface area contributed by atoms with E-state index >= 15 is 0 Å². The van der Waals surface area contributed by atoms with Gasteiger partial charge in [-0.15, -0.1) is 0 Å². The molecule has 0 radical (unpaired) electrons. The summed E-state index contributed by atoms with van der Waals surface area (Å²) in [6.07, 6.45) is 5.15. The molecular weight excluding hydrogens is 256 g/mol. The SMILES string of the molecule is CCC(CC)N(CC(C)C)CC1(c2ccc(N)cc2)CC1. The smallest absolute Gasteiger partial charge is 0.0314 e. The number of benzene rings is 1. The van der Waals surface area contributed by atoms with E-state index in [0.717, 1.165) is 17.6 Å². The average Bonchev–Trinajstić information content (AvgIpc) is 3.21. The summed E-state index contributed by atoms with van der Waals surface area (Å²) in [4.78, 5) is 2.74. The minimum atomic E-state index is 0.394. The zero-order valence-corrected chi connectivity index (χ0v) is 14.2. The van der Waals surface area contributed by atoms with Crippen molar-refractivity contribution < 1.29 is 0 Å². The van der Waals surface area contributed by atoms with Gasteiger partial charge in [-0.05, 0) is 49.3 Å². The van der Waals surface area contributed by atoms with Crippen LogP contribution in [-0.2, 0) is 5.41 Å². The first-order valence-electron chi connectivity index (χ1n) is 8.61. The fourth-order valence-corrected chi connectivity index (χ4v) is 3.53. The molecule has 2 N–H and O–H groups in total. The van der Waals surface area contributed by atoms with E-state index in [1.807, 2.05) is 0 Å². The molecule has 1 saturated carbocycles. The highest BCUT2D eigenvalue weighted by Crippen LogP contribution is 2.49. The number of nitrogens with zero attached hydrogens (tertiary/aromatic N) is 1. The number of hydrogen-bond acceptors (Lipinski definition) is 2. The molecular formula is C19H32N2. The summed E-state index contributed by atoms with van der Waals surface area (Å²) in [5.41, 5.74) is 8.58. The Morgan fingerprint density at radius 3 is 2.10 bits per heavy atom. The summed E-state index contributed by atoms with van der Waals surface area (Å²) in [5, 5.41) is 0. The average molecular weight is 288 g/mol. The lowest BCUT2D eigenvalue weighted by Gasteiger charge is -2.35. The molecule has 0 amide bonds. The topological polar surface area (TPSA) is 29.3 Å². The third kappa shape index (κ3) is 4.00. The molecule has 1 aliphatic rings. The summed E-state index contributed by atoms with van der Waals surface area (Å²) in [7, 11) is 0. The monoisotopic (exact) mass is 288 g/mol. The van der Waals surface area contributed by atoms with Gasteiger partial charge < -0.3 is 5.73 Å². The van der Waals surface area contributed by atoms with Crippen LogP contribution in [0, 0.1) is 5.92 Å². The minimum Gasteiger partial charge on any atom is -0.399 e. The first-order chi connectivity index (χ1) is 10.0. The molecule has 1 aliphatic carbocycles. The van der Waals surface area contributed by atoms with Crippen LogP contribution in [0.25, 0.3) is 0 Å². The van der Waals surface area contributed by atoms with Crippen molar-refractivity contribution in [3.63, 3.8) is 0 Å². The van der Waals surface area contributed by atoms with E-state index in [4.69, 9.17) is 5.73 Å². The molecule has 21 heavy (non-hydrogen) atoms. The third-order valence-electron chi connectivity index (χ3n) is 4.94. The van der Waals surface area contributed by atoms with Gasteiger partial charge in [-0.3, -0.25) is 4.90 Å². The van der Waals surface area contributed by atoms with Crippen LogP contribution in [0.15, 0.2) is 24.3 Å². The van der Waals surface area contributed by atoms with Gasteiger partial charge in [-0.25, -0.2) is 0 Å². The van der Waals surface area contributed by atoms with Crippen LogP contribution in [0.1, 0.15) is 58.9 Å². The number of nitrogen functional groups attached to an aromatic ring is 1. The first-order valence-corrected chi connectivity index (χ1v) is 8.61. The molecule has 0 aromatic heterocycles. The van der Waals surface area contributed by atoms with E-state index in [1.54, 1.807) is 0 Å². The van der Waals surface area contributed by atoms with Crippen LogP contribution in [0.2, 0.25) is 0 Å². The molecule has 0 atom stereocenters. The standard InChI is InChI=1S/C19H32N2/c1-5-18(6-2)21(13-15(3)4)14-19(11-12-19)16-7-9-17(20)10-8-16/h7-10,15,18H,5-6,11-14,20H2,1-4H3. The number of anilines is 1. The van der Waals surface area contributed by atoms with Crippen LogP contribution in [0.3, 0.4) is 0 Å². The molecule has 1 fully saturated rings. The predicted octanol–water partition coefficient (Wildman–Crippen LogP) is 4.45. The second kappa shape index (κ2) is 6.83. The summed E-state index contributed by atoms with van der Waals surface area (Å²) in [5.74, 6) is 0.729. The maximum Gasteiger partial charge on any atom is 0.0314 e. The van der Waals surface area contributed by atoms with E-state index in [1.165, 1.54) is 44.3 Å². The molecule has 118 valence electrons. The molecule has 0 aliphatic heterocycles. The van der Waals surface area contributed by atoms with Crippen LogP contribution in [0.4, 0.5) is 5.69 Å². The van der Waals surface area contributed by atoms with Crippen LogP contribution in [-0.4, -0.2) is 24.0 Å². The lowest BCUT2D eigenvalue weighted by molar-refractivity contribution is 0.150. The molecule has 1 aromatic carbocycles. The van der Waals surface area contributed by atoms with E-state index in [9.17, 15) is 0 Å². The first kappa shape index (κ1) is 16.4. The second-order valence-corrected chi connectivity index (χ2v) is 7.20. The zero-order chi connectivity index (χ0) is 15.5. The fourth-order valence-electron chi connectivity index (χ4n) is 3.53. The van der Waals surface area contributed by atoms with Gasteiger partial charge >= 0.3 is 0 Å². The molecule has 0 heterocycles. The van der Waals surface area contributed by atoms with Crippen molar-refractivity contribution in [3.05, 3.63) is 29.8 Å². The Balaban J connectivity index is 2.13. The highest BCUT2D eigenvalue weighted by atomic mass is 15.2. The molecule has 0 unspecified atom stereocenters. The molecule has 0 saturated heterocycles. The van der Waals surface area contributed by atoms with E-state index in [-0.39, 0.29) is 0 Å².